The lowest BCUT2D eigenvalue weighted by atomic mass is 9.67. The molecule has 2 saturated carbocycles. The second-order valence-corrected chi connectivity index (χ2v) is 7.85. The van der Waals surface area contributed by atoms with Gasteiger partial charge in [0.15, 0.2) is 0 Å². The average Bonchev–Trinajstić information content (AvgIpc) is 3.37. The number of nitrogens with one attached hydrogen (secondary N) is 2. The fourth-order valence-electron chi connectivity index (χ4n) is 3.73. The molecule has 3 aliphatic rings. The third-order valence-corrected chi connectivity index (χ3v) is 6.23. The number of carbonyl (C=O) groups is 2. The van der Waals surface area contributed by atoms with Gasteiger partial charge in [0.1, 0.15) is 0 Å². The number of amides is 3. The van der Waals surface area contributed by atoms with Crippen LogP contribution in [0, 0.1) is 5.41 Å². The number of hydrogen-bond acceptors (Lipinski definition) is 3. The van der Waals surface area contributed by atoms with Crippen molar-refractivity contribution in [3.8, 4) is 0 Å². The first-order valence-electron chi connectivity index (χ1n) is 9.60. The van der Waals surface area contributed by atoms with Crippen molar-refractivity contribution in [1.82, 2.24) is 20.4 Å². The van der Waals surface area contributed by atoms with E-state index in [0.717, 1.165) is 38.9 Å². The van der Waals surface area contributed by atoms with Crippen molar-refractivity contribution in [3.63, 3.8) is 0 Å². The summed E-state index contributed by atoms with van der Waals surface area (Å²) in [6.07, 6.45) is 7.16. The smallest absolute Gasteiger partial charge is 0.317 e. The molecule has 3 fully saturated rings. The molecule has 0 aromatic rings. The largest absolute Gasteiger partial charge is 0.352 e. The van der Waals surface area contributed by atoms with E-state index in [-0.39, 0.29) is 18.0 Å². The lowest BCUT2D eigenvalue weighted by Gasteiger charge is -2.42. The third-order valence-electron chi connectivity index (χ3n) is 6.23. The second kappa shape index (κ2) is 7.30. The summed E-state index contributed by atoms with van der Waals surface area (Å²) in [6.45, 7) is 7.94. The highest BCUT2D eigenvalue weighted by Crippen LogP contribution is 2.43. The van der Waals surface area contributed by atoms with Gasteiger partial charge >= 0.3 is 6.03 Å². The number of rotatable bonds is 6. The summed E-state index contributed by atoms with van der Waals surface area (Å²) >= 11 is 0. The van der Waals surface area contributed by atoms with Crippen molar-refractivity contribution in [2.45, 2.75) is 64.5 Å². The third kappa shape index (κ3) is 4.02. The van der Waals surface area contributed by atoms with E-state index in [1.807, 2.05) is 11.8 Å². The molecule has 24 heavy (non-hydrogen) atoms. The number of carbonyl (C=O) groups excluding carboxylic acids is 2. The van der Waals surface area contributed by atoms with Crippen LogP contribution in [0.4, 0.5) is 4.79 Å². The lowest BCUT2D eigenvalue weighted by Crippen LogP contribution is -2.57. The molecule has 6 heteroatoms. The van der Waals surface area contributed by atoms with Crippen LogP contribution in [0.3, 0.4) is 0 Å². The molecular weight excluding hydrogens is 304 g/mol. The molecule has 136 valence electrons. The summed E-state index contributed by atoms with van der Waals surface area (Å²) in [7, 11) is 0. The van der Waals surface area contributed by atoms with Crippen molar-refractivity contribution in [1.29, 1.82) is 0 Å². The minimum atomic E-state index is -0.103. The summed E-state index contributed by atoms with van der Waals surface area (Å²) in [5, 5.41) is 6.20. The van der Waals surface area contributed by atoms with E-state index < -0.39 is 0 Å². The Balaban J connectivity index is 1.39. The molecule has 3 rings (SSSR count). The molecule has 0 aromatic heterocycles. The molecular formula is C18H32N4O2. The zero-order chi connectivity index (χ0) is 17.2. The van der Waals surface area contributed by atoms with Crippen molar-refractivity contribution >= 4 is 11.9 Å². The van der Waals surface area contributed by atoms with Gasteiger partial charge in [-0.15, -0.1) is 0 Å². The van der Waals surface area contributed by atoms with Crippen LogP contribution >= 0.6 is 0 Å². The highest BCUT2D eigenvalue weighted by atomic mass is 16.2. The Labute approximate surface area is 145 Å². The Bertz CT molecular complexity index is 460. The standard InChI is InChI=1S/C18H32N4O2/c1-3-18(7-4-8-18)13-19-17(24)22-11-9-21(10-12-22)14(2)16(23)20-15-5-6-15/h14-15H,3-13H2,1-2H3,(H,19,24)(H,20,23). The highest BCUT2D eigenvalue weighted by molar-refractivity contribution is 5.82. The van der Waals surface area contributed by atoms with Gasteiger partial charge in [-0.2, -0.15) is 0 Å². The zero-order valence-electron chi connectivity index (χ0n) is 15.1. The molecule has 2 N–H and O–H groups in total. The summed E-state index contributed by atoms with van der Waals surface area (Å²) in [4.78, 5) is 28.6. The Hall–Kier alpha value is -1.30. The van der Waals surface area contributed by atoms with E-state index in [1.54, 1.807) is 0 Å². The summed E-state index contributed by atoms with van der Waals surface area (Å²) in [5.41, 5.74) is 0.354. The van der Waals surface area contributed by atoms with E-state index in [2.05, 4.69) is 22.5 Å². The molecule has 3 amide bonds. The van der Waals surface area contributed by atoms with Crippen molar-refractivity contribution in [3.05, 3.63) is 0 Å². The first kappa shape index (κ1) is 17.5. The topological polar surface area (TPSA) is 64.7 Å². The summed E-state index contributed by atoms with van der Waals surface area (Å²) in [6, 6.07) is 0.364. The Morgan fingerprint density at radius 3 is 2.33 bits per heavy atom. The van der Waals surface area contributed by atoms with Crippen LogP contribution in [0.25, 0.3) is 0 Å². The maximum absolute atomic E-state index is 12.4. The normalized spacial score (nSPS) is 24.8. The number of hydrogen-bond donors (Lipinski definition) is 2. The quantitative estimate of drug-likeness (QED) is 0.774. The van der Waals surface area contributed by atoms with Crippen molar-refractivity contribution in [2.75, 3.05) is 32.7 Å². The van der Waals surface area contributed by atoms with Crippen LogP contribution in [-0.2, 0) is 4.79 Å². The molecule has 1 aliphatic heterocycles. The molecule has 1 atom stereocenters. The molecule has 0 radical (unpaired) electrons. The zero-order valence-corrected chi connectivity index (χ0v) is 15.1. The van der Waals surface area contributed by atoms with E-state index >= 15 is 0 Å². The maximum Gasteiger partial charge on any atom is 0.317 e. The predicted octanol–water partition coefficient (Wildman–Crippen LogP) is 1.56. The van der Waals surface area contributed by atoms with E-state index in [1.165, 1.54) is 19.3 Å². The van der Waals surface area contributed by atoms with Gasteiger partial charge in [0.25, 0.3) is 0 Å². The van der Waals surface area contributed by atoms with Crippen LogP contribution in [-0.4, -0.2) is 66.5 Å². The molecule has 1 heterocycles. The average molecular weight is 336 g/mol. The number of urea groups is 1. The first-order valence-corrected chi connectivity index (χ1v) is 9.60. The molecule has 0 aromatic carbocycles. The maximum atomic E-state index is 12.4. The van der Waals surface area contributed by atoms with Gasteiger partial charge < -0.3 is 15.5 Å². The minimum absolute atomic E-state index is 0.0597. The fraction of sp³-hybridized carbons (Fsp3) is 0.889. The number of nitrogens with zero attached hydrogens (tertiary/aromatic N) is 2. The van der Waals surface area contributed by atoms with Crippen LogP contribution in [0.1, 0.15) is 52.4 Å². The highest BCUT2D eigenvalue weighted by Gasteiger charge is 2.36. The molecule has 2 aliphatic carbocycles. The lowest BCUT2D eigenvalue weighted by molar-refractivity contribution is -0.126. The van der Waals surface area contributed by atoms with Crippen LogP contribution in [0.15, 0.2) is 0 Å². The Morgan fingerprint density at radius 2 is 1.83 bits per heavy atom. The van der Waals surface area contributed by atoms with E-state index in [9.17, 15) is 9.59 Å². The molecule has 1 unspecified atom stereocenters. The van der Waals surface area contributed by atoms with Gasteiger partial charge in [-0.1, -0.05) is 13.3 Å². The van der Waals surface area contributed by atoms with Gasteiger partial charge in [-0.05, 0) is 44.4 Å². The second-order valence-electron chi connectivity index (χ2n) is 7.85. The van der Waals surface area contributed by atoms with Gasteiger partial charge in [0, 0.05) is 38.8 Å². The van der Waals surface area contributed by atoms with E-state index in [4.69, 9.17) is 0 Å². The SMILES string of the molecule is CCC1(CNC(=O)N2CCN(C(C)C(=O)NC3CC3)CC2)CCC1. The fourth-order valence-corrected chi connectivity index (χ4v) is 3.73. The van der Waals surface area contributed by atoms with Crippen LogP contribution < -0.4 is 10.6 Å². The van der Waals surface area contributed by atoms with Gasteiger partial charge in [-0.25, -0.2) is 4.79 Å². The van der Waals surface area contributed by atoms with Gasteiger partial charge in [0.05, 0.1) is 6.04 Å². The van der Waals surface area contributed by atoms with Crippen LogP contribution in [0.2, 0.25) is 0 Å². The Morgan fingerprint density at radius 1 is 1.17 bits per heavy atom. The minimum Gasteiger partial charge on any atom is -0.352 e. The molecule has 6 nitrogen and oxygen atoms in total. The van der Waals surface area contributed by atoms with Crippen molar-refractivity contribution in [2.24, 2.45) is 5.41 Å². The number of piperazine rings is 1. The van der Waals surface area contributed by atoms with Gasteiger partial charge in [-0.3, -0.25) is 9.69 Å². The first-order chi connectivity index (χ1) is 11.5. The van der Waals surface area contributed by atoms with Crippen LogP contribution in [0.5, 0.6) is 0 Å². The monoisotopic (exact) mass is 336 g/mol. The molecule has 0 spiro atoms. The molecule has 0 bridgehead atoms. The van der Waals surface area contributed by atoms with E-state index in [0.29, 0.717) is 24.5 Å². The summed E-state index contributed by atoms with van der Waals surface area (Å²) in [5.74, 6) is 0.130. The molecule has 1 saturated heterocycles. The summed E-state index contributed by atoms with van der Waals surface area (Å²) < 4.78 is 0. The van der Waals surface area contributed by atoms with Gasteiger partial charge in [0.2, 0.25) is 5.91 Å². The predicted molar refractivity (Wildman–Crippen MR) is 93.7 cm³/mol. The Kier molecular flexibility index (Phi) is 5.33. The van der Waals surface area contributed by atoms with Crippen molar-refractivity contribution < 1.29 is 9.59 Å².